The van der Waals surface area contributed by atoms with Gasteiger partial charge in [-0.1, -0.05) is 36.4 Å². The maximum Gasteiger partial charge on any atom is 0.254 e. The number of para-hydroxylation sites is 2. The van der Waals surface area contributed by atoms with Crippen molar-refractivity contribution in [2.45, 2.75) is 27.1 Å². The lowest BCUT2D eigenvalue weighted by Gasteiger charge is -2.09. The Bertz CT molecular complexity index is 749. The molecule has 0 N–H and O–H groups in total. The molecular formula is C18H18N2O3. The Hall–Kier alpha value is -2.82. The first-order chi connectivity index (χ1) is 11.2. The van der Waals surface area contributed by atoms with E-state index in [1.807, 2.05) is 62.4 Å². The van der Waals surface area contributed by atoms with Gasteiger partial charge in [-0.05, 0) is 37.1 Å². The molecule has 3 rings (SSSR count). The van der Waals surface area contributed by atoms with Gasteiger partial charge in [0.1, 0.15) is 11.5 Å². The van der Waals surface area contributed by atoms with E-state index < -0.39 is 0 Å². The lowest BCUT2D eigenvalue weighted by atomic mass is 10.1. The summed E-state index contributed by atoms with van der Waals surface area (Å²) in [6, 6.07) is 15.5. The maximum absolute atomic E-state index is 5.79. The van der Waals surface area contributed by atoms with Crippen molar-refractivity contribution in [2.75, 3.05) is 0 Å². The van der Waals surface area contributed by atoms with Crippen molar-refractivity contribution in [3.63, 3.8) is 0 Å². The summed E-state index contributed by atoms with van der Waals surface area (Å²) in [6.45, 7) is 4.50. The van der Waals surface area contributed by atoms with Gasteiger partial charge in [-0.15, -0.1) is 10.2 Å². The van der Waals surface area contributed by atoms with Gasteiger partial charge in [-0.3, -0.25) is 0 Å². The van der Waals surface area contributed by atoms with Crippen LogP contribution in [0.1, 0.15) is 22.9 Å². The lowest BCUT2D eigenvalue weighted by Crippen LogP contribution is -1.99. The standard InChI is InChI=1S/C18H18N2O3/c1-13-7-6-8-14(2)18(13)22-12-17-20-19-16(23-17)11-21-15-9-4-3-5-10-15/h3-10H,11-12H2,1-2H3. The average molecular weight is 310 g/mol. The first-order valence-corrected chi connectivity index (χ1v) is 7.40. The topological polar surface area (TPSA) is 57.4 Å². The Morgan fingerprint density at radius 3 is 2.04 bits per heavy atom. The minimum Gasteiger partial charge on any atom is -0.484 e. The summed E-state index contributed by atoms with van der Waals surface area (Å²) >= 11 is 0. The minimum atomic E-state index is 0.237. The summed E-state index contributed by atoms with van der Waals surface area (Å²) < 4.78 is 16.9. The van der Waals surface area contributed by atoms with Gasteiger partial charge >= 0.3 is 0 Å². The van der Waals surface area contributed by atoms with E-state index in [0.717, 1.165) is 22.6 Å². The first-order valence-electron chi connectivity index (χ1n) is 7.40. The highest BCUT2D eigenvalue weighted by atomic mass is 16.5. The van der Waals surface area contributed by atoms with Gasteiger partial charge in [0.05, 0.1) is 0 Å². The Morgan fingerprint density at radius 1 is 0.783 bits per heavy atom. The van der Waals surface area contributed by atoms with Gasteiger partial charge in [-0.2, -0.15) is 0 Å². The molecule has 0 radical (unpaired) electrons. The molecule has 0 unspecified atom stereocenters. The second-order valence-electron chi connectivity index (χ2n) is 5.20. The first kappa shape index (κ1) is 15.1. The molecule has 23 heavy (non-hydrogen) atoms. The minimum absolute atomic E-state index is 0.237. The van der Waals surface area contributed by atoms with Gasteiger partial charge in [-0.25, -0.2) is 0 Å². The Labute approximate surface area is 134 Å². The SMILES string of the molecule is Cc1cccc(C)c1OCc1nnc(COc2ccccc2)o1. The summed E-state index contributed by atoms with van der Waals surface area (Å²) in [4.78, 5) is 0. The predicted octanol–water partition coefficient (Wildman–Crippen LogP) is 3.84. The fourth-order valence-electron chi connectivity index (χ4n) is 2.23. The average Bonchev–Trinajstić information content (AvgIpc) is 3.01. The molecular weight excluding hydrogens is 292 g/mol. The van der Waals surface area contributed by atoms with Crippen molar-refractivity contribution in [3.8, 4) is 11.5 Å². The second kappa shape index (κ2) is 6.96. The van der Waals surface area contributed by atoms with Crippen molar-refractivity contribution < 1.29 is 13.9 Å². The highest BCUT2D eigenvalue weighted by Gasteiger charge is 2.09. The van der Waals surface area contributed by atoms with E-state index in [0.29, 0.717) is 11.8 Å². The Kier molecular flexibility index (Phi) is 4.57. The van der Waals surface area contributed by atoms with E-state index >= 15 is 0 Å². The molecule has 0 aliphatic heterocycles. The van der Waals surface area contributed by atoms with Crippen LogP contribution < -0.4 is 9.47 Å². The molecule has 1 heterocycles. The van der Waals surface area contributed by atoms with E-state index in [9.17, 15) is 0 Å². The molecule has 5 nitrogen and oxygen atoms in total. The van der Waals surface area contributed by atoms with Crippen molar-refractivity contribution in [3.05, 3.63) is 71.4 Å². The van der Waals surface area contributed by atoms with Crippen LogP contribution in [-0.4, -0.2) is 10.2 Å². The molecule has 0 amide bonds. The Balaban J connectivity index is 1.57. The third-order valence-electron chi connectivity index (χ3n) is 3.36. The molecule has 0 saturated carbocycles. The molecule has 2 aromatic carbocycles. The van der Waals surface area contributed by atoms with Gasteiger partial charge in [0.2, 0.25) is 0 Å². The van der Waals surface area contributed by atoms with Gasteiger partial charge in [0.25, 0.3) is 11.8 Å². The van der Waals surface area contributed by atoms with Crippen LogP contribution in [0, 0.1) is 13.8 Å². The zero-order valence-corrected chi connectivity index (χ0v) is 13.2. The van der Waals surface area contributed by atoms with Crippen LogP contribution in [0.3, 0.4) is 0 Å². The van der Waals surface area contributed by atoms with Crippen LogP contribution >= 0.6 is 0 Å². The molecule has 1 aromatic heterocycles. The molecule has 3 aromatic rings. The quantitative estimate of drug-likeness (QED) is 0.692. The summed E-state index contributed by atoms with van der Waals surface area (Å²) in [7, 11) is 0. The summed E-state index contributed by atoms with van der Waals surface area (Å²) in [6.07, 6.45) is 0. The number of ether oxygens (including phenoxy) is 2. The highest BCUT2D eigenvalue weighted by Crippen LogP contribution is 2.23. The molecule has 5 heteroatoms. The van der Waals surface area contributed by atoms with Crippen molar-refractivity contribution in [2.24, 2.45) is 0 Å². The number of rotatable bonds is 6. The molecule has 0 aliphatic carbocycles. The van der Waals surface area contributed by atoms with Crippen molar-refractivity contribution >= 4 is 0 Å². The fourth-order valence-corrected chi connectivity index (χ4v) is 2.23. The van der Waals surface area contributed by atoms with Crippen LogP contribution in [0.2, 0.25) is 0 Å². The molecule has 0 bridgehead atoms. The third-order valence-corrected chi connectivity index (χ3v) is 3.36. The third kappa shape index (κ3) is 3.88. The molecule has 118 valence electrons. The normalized spacial score (nSPS) is 10.5. The number of aromatic nitrogens is 2. The van der Waals surface area contributed by atoms with Crippen LogP contribution in [0.5, 0.6) is 11.5 Å². The van der Waals surface area contributed by atoms with E-state index in [1.165, 1.54) is 0 Å². The Morgan fingerprint density at radius 2 is 1.39 bits per heavy atom. The second-order valence-corrected chi connectivity index (χ2v) is 5.20. The van der Waals surface area contributed by atoms with Gasteiger partial charge in [0, 0.05) is 0 Å². The fraction of sp³-hybridized carbons (Fsp3) is 0.222. The smallest absolute Gasteiger partial charge is 0.254 e. The number of hydrogen-bond donors (Lipinski definition) is 0. The van der Waals surface area contributed by atoms with Crippen LogP contribution in [0.4, 0.5) is 0 Å². The zero-order valence-electron chi connectivity index (χ0n) is 13.2. The van der Waals surface area contributed by atoms with E-state index in [4.69, 9.17) is 13.9 Å². The number of nitrogens with zero attached hydrogens (tertiary/aromatic N) is 2. The van der Waals surface area contributed by atoms with Crippen LogP contribution in [0.15, 0.2) is 52.9 Å². The van der Waals surface area contributed by atoms with Gasteiger partial charge in [0.15, 0.2) is 13.2 Å². The molecule has 0 spiro atoms. The number of aryl methyl sites for hydroxylation is 2. The van der Waals surface area contributed by atoms with Crippen LogP contribution in [0.25, 0.3) is 0 Å². The van der Waals surface area contributed by atoms with E-state index in [1.54, 1.807) is 0 Å². The van der Waals surface area contributed by atoms with Crippen molar-refractivity contribution in [1.29, 1.82) is 0 Å². The largest absolute Gasteiger partial charge is 0.484 e. The zero-order chi connectivity index (χ0) is 16.1. The molecule has 0 fully saturated rings. The maximum atomic E-state index is 5.79. The summed E-state index contributed by atoms with van der Waals surface area (Å²) in [5, 5.41) is 7.95. The lowest BCUT2D eigenvalue weighted by molar-refractivity contribution is 0.230. The van der Waals surface area contributed by atoms with E-state index in [-0.39, 0.29) is 13.2 Å². The molecule has 0 saturated heterocycles. The van der Waals surface area contributed by atoms with E-state index in [2.05, 4.69) is 10.2 Å². The number of benzene rings is 2. The predicted molar refractivity (Wildman–Crippen MR) is 85.3 cm³/mol. The summed E-state index contributed by atoms with van der Waals surface area (Å²) in [5.41, 5.74) is 2.16. The van der Waals surface area contributed by atoms with Crippen molar-refractivity contribution in [1.82, 2.24) is 10.2 Å². The monoisotopic (exact) mass is 310 g/mol. The summed E-state index contributed by atoms with van der Waals surface area (Å²) in [5.74, 6) is 2.47. The van der Waals surface area contributed by atoms with Gasteiger partial charge < -0.3 is 13.9 Å². The number of hydrogen-bond acceptors (Lipinski definition) is 5. The van der Waals surface area contributed by atoms with Crippen LogP contribution in [-0.2, 0) is 13.2 Å². The molecule has 0 aliphatic rings. The highest BCUT2D eigenvalue weighted by molar-refractivity contribution is 5.39. The molecule has 0 atom stereocenters.